The van der Waals surface area contributed by atoms with Crippen molar-refractivity contribution in [2.75, 3.05) is 12.4 Å². The van der Waals surface area contributed by atoms with Crippen LogP contribution in [-0.2, 0) is 0 Å². The number of carbonyl (C=O) groups excluding carboxylic acids is 2. The molecule has 2 N–H and O–H groups in total. The molecule has 0 unspecified atom stereocenters. The molecular formula is C19H17N5O4. The second-order valence-electron chi connectivity index (χ2n) is 5.93. The van der Waals surface area contributed by atoms with Gasteiger partial charge in [0.15, 0.2) is 5.69 Å². The number of nitro benzene ring substituents is 1. The van der Waals surface area contributed by atoms with Crippen molar-refractivity contribution in [3.63, 3.8) is 0 Å². The lowest BCUT2D eigenvalue weighted by Crippen LogP contribution is -2.20. The van der Waals surface area contributed by atoms with Gasteiger partial charge in [-0.2, -0.15) is 5.10 Å². The number of non-ortho nitro benzene ring substituents is 1. The van der Waals surface area contributed by atoms with Gasteiger partial charge in [-0.1, -0.05) is 12.1 Å². The number of carbonyl (C=O) groups is 2. The van der Waals surface area contributed by atoms with Crippen LogP contribution in [0.25, 0.3) is 5.69 Å². The van der Waals surface area contributed by atoms with Crippen LogP contribution in [0.4, 0.5) is 11.4 Å². The first-order valence-corrected chi connectivity index (χ1v) is 8.34. The van der Waals surface area contributed by atoms with Gasteiger partial charge in [0, 0.05) is 36.6 Å². The van der Waals surface area contributed by atoms with Crippen LogP contribution in [0.1, 0.15) is 26.4 Å². The zero-order valence-corrected chi connectivity index (χ0v) is 15.2. The molecule has 0 spiro atoms. The van der Waals surface area contributed by atoms with Crippen LogP contribution in [0.5, 0.6) is 0 Å². The molecule has 0 saturated carbocycles. The Morgan fingerprint density at radius 2 is 1.86 bits per heavy atom. The molecule has 0 bridgehead atoms. The van der Waals surface area contributed by atoms with Crippen LogP contribution >= 0.6 is 0 Å². The zero-order chi connectivity index (χ0) is 20.3. The van der Waals surface area contributed by atoms with E-state index in [1.807, 2.05) is 0 Å². The third-order valence-corrected chi connectivity index (χ3v) is 4.18. The number of rotatable bonds is 5. The predicted molar refractivity (Wildman–Crippen MR) is 103 cm³/mol. The molecule has 3 rings (SSSR count). The van der Waals surface area contributed by atoms with E-state index in [9.17, 15) is 19.7 Å². The van der Waals surface area contributed by atoms with Gasteiger partial charge in [0.2, 0.25) is 0 Å². The maximum absolute atomic E-state index is 12.5. The van der Waals surface area contributed by atoms with Crippen LogP contribution in [0.15, 0.2) is 54.7 Å². The Labute approximate surface area is 160 Å². The van der Waals surface area contributed by atoms with Crippen molar-refractivity contribution >= 4 is 23.2 Å². The molecule has 0 radical (unpaired) electrons. The summed E-state index contributed by atoms with van der Waals surface area (Å²) in [6, 6.07) is 12.5. The number of hydrogen-bond acceptors (Lipinski definition) is 5. The van der Waals surface area contributed by atoms with Gasteiger partial charge < -0.3 is 10.6 Å². The fourth-order valence-corrected chi connectivity index (χ4v) is 2.68. The van der Waals surface area contributed by atoms with Gasteiger partial charge in [-0.05, 0) is 36.8 Å². The highest BCUT2D eigenvalue weighted by molar-refractivity contribution is 6.05. The molecule has 3 aromatic rings. The SMILES string of the molecule is CNC(=O)c1cccc(NC(=O)c2ccn(-c3cccc([N+](=O)[O-])c3)n2)c1C. The minimum absolute atomic E-state index is 0.0688. The molecule has 0 atom stereocenters. The third-order valence-electron chi connectivity index (χ3n) is 4.18. The summed E-state index contributed by atoms with van der Waals surface area (Å²) in [5.41, 5.74) is 2.12. The maximum atomic E-state index is 12.5. The van der Waals surface area contributed by atoms with E-state index in [4.69, 9.17) is 0 Å². The first-order chi connectivity index (χ1) is 13.4. The predicted octanol–water partition coefficient (Wildman–Crippen LogP) is 2.70. The molecule has 0 saturated heterocycles. The Morgan fingerprint density at radius 3 is 2.57 bits per heavy atom. The highest BCUT2D eigenvalue weighted by Gasteiger charge is 2.15. The third kappa shape index (κ3) is 3.73. The number of nitrogens with zero attached hydrogens (tertiary/aromatic N) is 3. The molecule has 0 aliphatic heterocycles. The van der Waals surface area contributed by atoms with Crippen molar-refractivity contribution in [3.8, 4) is 5.69 Å². The minimum Gasteiger partial charge on any atom is -0.355 e. The van der Waals surface area contributed by atoms with E-state index in [0.29, 0.717) is 22.5 Å². The Bertz CT molecular complexity index is 1070. The molecule has 0 aliphatic carbocycles. The molecule has 0 aliphatic rings. The van der Waals surface area contributed by atoms with E-state index >= 15 is 0 Å². The molecular weight excluding hydrogens is 362 g/mol. The number of amides is 2. The molecule has 28 heavy (non-hydrogen) atoms. The summed E-state index contributed by atoms with van der Waals surface area (Å²) in [5, 5.41) is 20.4. The lowest BCUT2D eigenvalue weighted by molar-refractivity contribution is -0.384. The van der Waals surface area contributed by atoms with Gasteiger partial charge >= 0.3 is 0 Å². The molecule has 9 nitrogen and oxygen atoms in total. The van der Waals surface area contributed by atoms with Gasteiger partial charge in [-0.15, -0.1) is 0 Å². The number of hydrogen-bond donors (Lipinski definition) is 2. The number of nitro groups is 1. The maximum Gasteiger partial charge on any atom is 0.276 e. The average molecular weight is 379 g/mol. The second-order valence-corrected chi connectivity index (χ2v) is 5.93. The van der Waals surface area contributed by atoms with Crippen molar-refractivity contribution in [2.24, 2.45) is 0 Å². The van der Waals surface area contributed by atoms with Crippen LogP contribution in [0.3, 0.4) is 0 Å². The fourth-order valence-electron chi connectivity index (χ4n) is 2.68. The van der Waals surface area contributed by atoms with Gasteiger partial charge in [0.05, 0.1) is 10.6 Å². The molecule has 9 heteroatoms. The van der Waals surface area contributed by atoms with Gasteiger partial charge in [0.1, 0.15) is 0 Å². The largest absolute Gasteiger partial charge is 0.355 e. The number of aromatic nitrogens is 2. The quantitative estimate of drug-likeness (QED) is 0.522. The van der Waals surface area contributed by atoms with E-state index in [2.05, 4.69) is 15.7 Å². The standard InChI is InChI=1S/C19H17N5O4/c1-12-15(18(25)20-2)7-4-8-16(12)21-19(26)17-9-10-23(22-17)13-5-3-6-14(11-13)24(27)28/h3-11H,1-2H3,(H,20,25)(H,21,26). The van der Waals surface area contributed by atoms with E-state index in [0.717, 1.165) is 0 Å². The first-order valence-electron chi connectivity index (χ1n) is 8.34. The number of nitrogens with one attached hydrogen (secondary N) is 2. The van der Waals surface area contributed by atoms with Crippen LogP contribution in [0, 0.1) is 17.0 Å². The summed E-state index contributed by atoms with van der Waals surface area (Å²) in [5.74, 6) is -0.704. The Kier molecular flexibility index (Phi) is 5.16. The molecule has 0 fully saturated rings. The van der Waals surface area contributed by atoms with Crippen molar-refractivity contribution in [1.82, 2.24) is 15.1 Å². The van der Waals surface area contributed by atoms with E-state index < -0.39 is 10.8 Å². The molecule has 1 aromatic heterocycles. The second kappa shape index (κ2) is 7.70. The van der Waals surface area contributed by atoms with Gasteiger partial charge in [-0.25, -0.2) is 4.68 Å². The first kappa shape index (κ1) is 18.8. The van der Waals surface area contributed by atoms with Crippen molar-refractivity contribution in [2.45, 2.75) is 6.92 Å². The summed E-state index contributed by atoms with van der Waals surface area (Å²) < 4.78 is 1.38. The number of benzene rings is 2. The Balaban J connectivity index is 1.83. The summed E-state index contributed by atoms with van der Waals surface area (Å²) in [6.07, 6.45) is 1.54. The Morgan fingerprint density at radius 1 is 1.11 bits per heavy atom. The lowest BCUT2D eigenvalue weighted by atomic mass is 10.1. The van der Waals surface area contributed by atoms with Crippen molar-refractivity contribution < 1.29 is 14.5 Å². The summed E-state index contributed by atoms with van der Waals surface area (Å²) in [7, 11) is 1.54. The molecule has 2 amide bonds. The van der Waals surface area contributed by atoms with E-state index in [1.165, 1.54) is 29.9 Å². The van der Waals surface area contributed by atoms with Crippen molar-refractivity contribution in [3.05, 3.63) is 81.7 Å². The van der Waals surface area contributed by atoms with Crippen LogP contribution in [-0.4, -0.2) is 33.6 Å². The topological polar surface area (TPSA) is 119 Å². The fraction of sp³-hybridized carbons (Fsp3) is 0.105. The zero-order valence-electron chi connectivity index (χ0n) is 15.2. The summed E-state index contributed by atoms with van der Waals surface area (Å²) in [6.45, 7) is 1.74. The van der Waals surface area contributed by atoms with Gasteiger partial charge in [0.25, 0.3) is 17.5 Å². The summed E-state index contributed by atoms with van der Waals surface area (Å²) in [4.78, 5) is 34.8. The van der Waals surface area contributed by atoms with Gasteiger partial charge in [-0.3, -0.25) is 19.7 Å². The smallest absolute Gasteiger partial charge is 0.276 e. The van der Waals surface area contributed by atoms with Crippen LogP contribution < -0.4 is 10.6 Å². The highest BCUT2D eigenvalue weighted by atomic mass is 16.6. The van der Waals surface area contributed by atoms with Crippen molar-refractivity contribution in [1.29, 1.82) is 0 Å². The van der Waals surface area contributed by atoms with Crippen LogP contribution in [0.2, 0.25) is 0 Å². The Hall–Kier alpha value is -4.01. The molecule has 142 valence electrons. The average Bonchev–Trinajstić information content (AvgIpc) is 3.19. The highest BCUT2D eigenvalue weighted by Crippen LogP contribution is 2.20. The lowest BCUT2D eigenvalue weighted by Gasteiger charge is -2.11. The monoisotopic (exact) mass is 379 g/mol. The normalized spacial score (nSPS) is 10.4. The number of anilines is 1. The van der Waals surface area contributed by atoms with E-state index in [1.54, 1.807) is 43.5 Å². The molecule has 2 aromatic carbocycles. The molecule has 1 heterocycles. The minimum atomic E-state index is -0.497. The summed E-state index contributed by atoms with van der Waals surface area (Å²) >= 11 is 0. The van der Waals surface area contributed by atoms with E-state index in [-0.39, 0.29) is 17.3 Å².